The molecule has 0 bridgehead atoms. The second-order valence-electron chi connectivity index (χ2n) is 6.04. The SMILES string of the molecule is Cc1cccc2c1O[C@H](CO)C21CCC(=CC(=O)O)CC1. The van der Waals surface area contributed by atoms with Crippen LogP contribution < -0.4 is 4.74 Å². The van der Waals surface area contributed by atoms with Crippen LogP contribution >= 0.6 is 0 Å². The van der Waals surface area contributed by atoms with Crippen molar-refractivity contribution in [3.05, 3.63) is 41.0 Å². The molecule has 4 heteroatoms. The minimum atomic E-state index is -0.876. The lowest BCUT2D eigenvalue weighted by Crippen LogP contribution is -2.42. The average Bonchev–Trinajstić information content (AvgIpc) is 2.77. The summed E-state index contributed by atoms with van der Waals surface area (Å²) in [7, 11) is 0. The van der Waals surface area contributed by atoms with E-state index in [0.29, 0.717) is 0 Å². The summed E-state index contributed by atoms with van der Waals surface area (Å²) in [5, 5.41) is 18.6. The molecule has 112 valence electrons. The Morgan fingerprint density at radius 1 is 1.43 bits per heavy atom. The maximum absolute atomic E-state index is 10.8. The van der Waals surface area contributed by atoms with E-state index in [1.54, 1.807) is 0 Å². The maximum atomic E-state index is 10.8. The van der Waals surface area contributed by atoms with Gasteiger partial charge in [0.05, 0.1) is 6.61 Å². The van der Waals surface area contributed by atoms with Crippen molar-refractivity contribution in [2.24, 2.45) is 0 Å². The fourth-order valence-electron chi connectivity index (χ4n) is 3.77. The summed E-state index contributed by atoms with van der Waals surface area (Å²) in [6.07, 6.45) is 4.26. The van der Waals surface area contributed by atoms with Gasteiger partial charge in [0.2, 0.25) is 0 Å². The minimum absolute atomic E-state index is 0.00784. The first kappa shape index (κ1) is 14.1. The number of hydrogen-bond donors (Lipinski definition) is 2. The zero-order valence-electron chi connectivity index (χ0n) is 12.1. The van der Waals surface area contributed by atoms with Crippen LogP contribution in [0.2, 0.25) is 0 Å². The van der Waals surface area contributed by atoms with E-state index in [0.717, 1.165) is 42.6 Å². The topological polar surface area (TPSA) is 66.8 Å². The zero-order valence-corrected chi connectivity index (χ0v) is 12.1. The van der Waals surface area contributed by atoms with Gasteiger partial charge in [0, 0.05) is 17.1 Å². The predicted octanol–water partition coefficient (Wildman–Crippen LogP) is 2.57. The number of carboxylic acid groups (broad SMARTS) is 1. The highest BCUT2D eigenvalue weighted by Gasteiger charge is 2.49. The van der Waals surface area contributed by atoms with E-state index in [1.807, 2.05) is 19.1 Å². The highest BCUT2D eigenvalue weighted by atomic mass is 16.5. The summed E-state index contributed by atoms with van der Waals surface area (Å²) in [5.41, 5.74) is 3.07. The monoisotopic (exact) mass is 288 g/mol. The molecule has 1 fully saturated rings. The maximum Gasteiger partial charge on any atom is 0.328 e. The van der Waals surface area contributed by atoms with Crippen molar-refractivity contribution in [1.29, 1.82) is 0 Å². The molecule has 3 rings (SSSR count). The number of aliphatic hydroxyl groups excluding tert-OH is 1. The number of aliphatic carboxylic acids is 1. The van der Waals surface area contributed by atoms with Crippen LogP contribution in [0.15, 0.2) is 29.8 Å². The highest BCUT2D eigenvalue weighted by molar-refractivity contribution is 5.80. The molecule has 21 heavy (non-hydrogen) atoms. The molecular weight excluding hydrogens is 268 g/mol. The van der Waals surface area contributed by atoms with Gasteiger partial charge in [0.25, 0.3) is 0 Å². The Bertz CT molecular complexity index is 593. The van der Waals surface area contributed by atoms with Gasteiger partial charge < -0.3 is 14.9 Å². The fourth-order valence-corrected chi connectivity index (χ4v) is 3.77. The molecule has 1 spiro atoms. The third-order valence-corrected chi connectivity index (χ3v) is 4.90. The number of rotatable bonds is 2. The van der Waals surface area contributed by atoms with Gasteiger partial charge in [-0.25, -0.2) is 4.79 Å². The molecule has 0 saturated heterocycles. The minimum Gasteiger partial charge on any atom is -0.487 e. The van der Waals surface area contributed by atoms with E-state index in [1.165, 1.54) is 11.6 Å². The smallest absolute Gasteiger partial charge is 0.328 e. The van der Waals surface area contributed by atoms with Crippen LogP contribution in [0.4, 0.5) is 0 Å². The fraction of sp³-hybridized carbons (Fsp3) is 0.471. The van der Waals surface area contributed by atoms with Crippen LogP contribution in [0.25, 0.3) is 0 Å². The number of carbonyl (C=O) groups is 1. The quantitative estimate of drug-likeness (QED) is 0.821. The highest BCUT2D eigenvalue weighted by Crippen LogP contribution is 2.53. The molecule has 1 heterocycles. The first-order chi connectivity index (χ1) is 10.1. The van der Waals surface area contributed by atoms with Crippen molar-refractivity contribution in [3.8, 4) is 5.75 Å². The molecule has 1 aromatic carbocycles. The van der Waals surface area contributed by atoms with E-state index >= 15 is 0 Å². The first-order valence-electron chi connectivity index (χ1n) is 7.37. The van der Waals surface area contributed by atoms with Gasteiger partial charge in [-0.3, -0.25) is 0 Å². The molecule has 1 saturated carbocycles. The van der Waals surface area contributed by atoms with Crippen molar-refractivity contribution in [2.75, 3.05) is 6.61 Å². The van der Waals surface area contributed by atoms with E-state index in [4.69, 9.17) is 9.84 Å². The number of carboxylic acids is 1. The van der Waals surface area contributed by atoms with E-state index < -0.39 is 5.97 Å². The van der Waals surface area contributed by atoms with Crippen molar-refractivity contribution in [3.63, 3.8) is 0 Å². The summed E-state index contributed by atoms with van der Waals surface area (Å²) in [5.74, 6) is 0.0285. The molecule has 0 unspecified atom stereocenters. The molecule has 0 radical (unpaired) electrons. The van der Waals surface area contributed by atoms with Gasteiger partial charge >= 0.3 is 5.97 Å². The van der Waals surface area contributed by atoms with Gasteiger partial charge in [-0.05, 0) is 38.2 Å². The first-order valence-corrected chi connectivity index (χ1v) is 7.37. The molecule has 1 aliphatic carbocycles. The Morgan fingerprint density at radius 3 is 2.76 bits per heavy atom. The average molecular weight is 288 g/mol. The lowest BCUT2D eigenvalue weighted by Gasteiger charge is -2.38. The van der Waals surface area contributed by atoms with Crippen LogP contribution in [0, 0.1) is 6.92 Å². The Hall–Kier alpha value is -1.81. The number of aliphatic hydroxyl groups is 1. The normalized spacial score (nSPS) is 27.3. The number of benzene rings is 1. The van der Waals surface area contributed by atoms with Gasteiger partial charge in [0.15, 0.2) is 0 Å². The van der Waals surface area contributed by atoms with E-state index in [2.05, 4.69) is 6.07 Å². The Labute approximate surface area is 124 Å². The standard InChI is InChI=1S/C17H20O4/c1-11-3-2-4-13-16(11)21-14(10-18)17(13)7-5-12(6-8-17)9-15(19)20/h2-4,9,14,18H,5-8,10H2,1H3,(H,19,20)/t14-,17?/m1/s1. The molecule has 0 aromatic heterocycles. The van der Waals surface area contributed by atoms with Crippen LogP contribution in [-0.4, -0.2) is 28.9 Å². The van der Waals surface area contributed by atoms with Crippen molar-refractivity contribution < 1.29 is 19.7 Å². The number of aryl methyl sites for hydroxylation is 1. The van der Waals surface area contributed by atoms with Gasteiger partial charge in [-0.2, -0.15) is 0 Å². The molecular formula is C17H20O4. The number of ether oxygens (including phenoxy) is 1. The number of fused-ring (bicyclic) bond motifs is 2. The summed E-state index contributed by atoms with van der Waals surface area (Å²) in [4.78, 5) is 10.8. The molecule has 1 atom stereocenters. The molecule has 2 N–H and O–H groups in total. The lowest BCUT2D eigenvalue weighted by molar-refractivity contribution is -0.131. The predicted molar refractivity (Wildman–Crippen MR) is 78.5 cm³/mol. The number of allylic oxidation sites excluding steroid dienone is 1. The molecule has 1 aliphatic heterocycles. The van der Waals surface area contributed by atoms with E-state index in [-0.39, 0.29) is 18.1 Å². The van der Waals surface area contributed by atoms with Crippen molar-refractivity contribution >= 4 is 5.97 Å². The number of hydrogen-bond acceptors (Lipinski definition) is 3. The Morgan fingerprint density at radius 2 is 2.14 bits per heavy atom. The van der Waals surface area contributed by atoms with Crippen LogP contribution in [0.5, 0.6) is 5.75 Å². The van der Waals surface area contributed by atoms with Crippen LogP contribution in [0.3, 0.4) is 0 Å². The van der Waals surface area contributed by atoms with E-state index in [9.17, 15) is 9.90 Å². The Balaban J connectivity index is 1.95. The summed E-state index contributed by atoms with van der Waals surface area (Å²) in [6.45, 7) is 2.01. The van der Waals surface area contributed by atoms with Crippen molar-refractivity contribution in [1.82, 2.24) is 0 Å². The summed E-state index contributed by atoms with van der Waals surface area (Å²) < 4.78 is 6.01. The largest absolute Gasteiger partial charge is 0.487 e. The molecule has 0 amide bonds. The second-order valence-corrected chi connectivity index (χ2v) is 6.04. The summed E-state index contributed by atoms with van der Waals surface area (Å²) >= 11 is 0. The summed E-state index contributed by atoms with van der Waals surface area (Å²) in [6, 6.07) is 6.14. The van der Waals surface area contributed by atoms with Gasteiger partial charge in [-0.15, -0.1) is 0 Å². The zero-order chi connectivity index (χ0) is 15.0. The molecule has 1 aromatic rings. The Kier molecular flexibility index (Phi) is 3.49. The van der Waals surface area contributed by atoms with Crippen LogP contribution in [-0.2, 0) is 10.2 Å². The van der Waals surface area contributed by atoms with Crippen LogP contribution in [0.1, 0.15) is 36.8 Å². The molecule has 2 aliphatic rings. The van der Waals surface area contributed by atoms with Gasteiger partial charge in [0.1, 0.15) is 11.9 Å². The third kappa shape index (κ3) is 2.23. The second kappa shape index (κ2) is 5.19. The number of para-hydroxylation sites is 1. The van der Waals surface area contributed by atoms with Gasteiger partial charge in [-0.1, -0.05) is 23.8 Å². The molecule has 4 nitrogen and oxygen atoms in total. The lowest BCUT2D eigenvalue weighted by atomic mass is 9.66. The van der Waals surface area contributed by atoms with Crippen molar-refractivity contribution in [2.45, 2.75) is 44.1 Å². The third-order valence-electron chi connectivity index (χ3n) is 4.90.